The molecule has 2 aromatic carbocycles. The van der Waals surface area contributed by atoms with Crippen molar-refractivity contribution < 1.29 is 4.79 Å². The third-order valence-corrected chi connectivity index (χ3v) is 5.82. The van der Waals surface area contributed by atoms with E-state index in [-0.39, 0.29) is 23.9 Å². The Morgan fingerprint density at radius 3 is 2.32 bits per heavy atom. The van der Waals surface area contributed by atoms with Crippen molar-refractivity contribution in [3.05, 3.63) is 94.2 Å². The summed E-state index contributed by atoms with van der Waals surface area (Å²) >= 11 is 0. The molecule has 0 fully saturated rings. The number of nitrogens with one attached hydrogen (secondary N) is 1. The number of rotatable bonds is 6. The molecule has 1 amide bonds. The number of nitrogens with zero attached hydrogens (tertiary/aromatic N) is 3. The summed E-state index contributed by atoms with van der Waals surface area (Å²) in [7, 11) is 0. The van der Waals surface area contributed by atoms with E-state index in [1.54, 1.807) is 6.20 Å². The van der Waals surface area contributed by atoms with Gasteiger partial charge in [0.25, 0.3) is 5.56 Å². The predicted octanol–water partition coefficient (Wildman–Crippen LogP) is 3.72. The second kappa shape index (κ2) is 8.60. The molecule has 0 saturated heterocycles. The topological polar surface area (TPSA) is 68.9 Å². The molecule has 31 heavy (non-hydrogen) atoms. The number of aryl methyl sites for hydroxylation is 2. The molecule has 2 aromatic heterocycles. The van der Waals surface area contributed by atoms with Crippen molar-refractivity contribution in [3.63, 3.8) is 0 Å². The Labute approximate surface area is 181 Å². The summed E-state index contributed by atoms with van der Waals surface area (Å²) in [6.45, 7) is 6.62. The van der Waals surface area contributed by atoms with Crippen molar-refractivity contribution in [2.45, 2.75) is 33.2 Å². The lowest BCUT2D eigenvalue weighted by molar-refractivity contribution is -0.121. The Bertz CT molecular complexity index is 1270. The first kappa shape index (κ1) is 20.6. The van der Waals surface area contributed by atoms with Crippen LogP contribution in [-0.2, 0) is 11.3 Å². The van der Waals surface area contributed by atoms with Crippen LogP contribution in [-0.4, -0.2) is 26.8 Å². The van der Waals surface area contributed by atoms with Crippen LogP contribution in [0.25, 0.3) is 16.5 Å². The van der Waals surface area contributed by atoms with Gasteiger partial charge in [-0.25, -0.2) is 0 Å². The Kier molecular flexibility index (Phi) is 5.71. The molecule has 0 bridgehead atoms. The van der Waals surface area contributed by atoms with Crippen molar-refractivity contribution in [2.75, 3.05) is 6.54 Å². The van der Waals surface area contributed by atoms with Crippen LogP contribution in [0.4, 0.5) is 0 Å². The van der Waals surface area contributed by atoms with Gasteiger partial charge >= 0.3 is 0 Å². The van der Waals surface area contributed by atoms with Gasteiger partial charge in [0.05, 0.1) is 17.3 Å². The van der Waals surface area contributed by atoms with Crippen molar-refractivity contribution in [2.24, 2.45) is 0 Å². The van der Waals surface area contributed by atoms with Gasteiger partial charge in [-0.15, -0.1) is 0 Å². The number of hydrogen-bond acceptors (Lipinski definition) is 3. The van der Waals surface area contributed by atoms with Gasteiger partial charge in [-0.3, -0.25) is 9.59 Å². The van der Waals surface area contributed by atoms with Gasteiger partial charge < -0.3 is 9.88 Å². The summed E-state index contributed by atoms with van der Waals surface area (Å²) in [6.07, 6.45) is 1.71. The van der Waals surface area contributed by atoms with Crippen LogP contribution >= 0.6 is 0 Å². The van der Waals surface area contributed by atoms with Crippen molar-refractivity contribution in [3.8, 4) is 5.69 Å². The summed E-state index contributed by atoms with van der Waals surface area (Å²) < 4.78 is 3.30. The summed E-state index contributed by atoms with van der Waals surface area (Å²) in [6, 6.07) is 19.5. The van der Waals surface area contributed by atoms with E-state index >= 15 is 0 Å². The molecule has 6 nitrogen and oxygen atoms in total. The fraction of sp³-hybridized carbons (Fsp3) is 0.240. The Morgan fingerprint density at radius 2 is 1.65 bits per heavy atom. The molecule has 0 saturated carbocycles. The molecule has 2 heterocycles. The zero-order valence-corrected chi connectivity index (χ0v) is 18.0. The van der Waals surface area contributed by atoms with E-state index in [0.717, 1.165) is 16.8 Å². The molecular weight excluding hydrogens is 388 g/mol. The zero-order chi connectivity index (χ0) is 22.0. The summed E-state index contributed by atoms with van der Waals surface area (Å²) in [5, 5.41) is 8.75. The van der Waals surface area contributed by atoms with E-state index in [1.165, 1.54) is 10.2 Å². The van der Waals surface area contributed by atoms with Crippen molar-refractivity contribution >= 4 is 16.7 Å². The Balaban J connectivity index is 1.57. The highest BCUT2D eigenvalue weighted by Gasteiger charge is 2.18. The quantitative estimate of drug-likeness (QED) is 0.523. The van der Waals surface area contributed by atoms with Gasteiger partial charge in [0.1, 0.15) is 6.54 Å². The molecule has 4 aromatic rings. The lowest BCUT2D eigenvalue weighted by Crippen LogP contribution is -2.31. The van der Waals surface area contributed by atoms with E-state index in [9.17, 15) is 9.59 Å². The Hall–Kier alpha value is -3.67. The van der Waals surface area contributed by atoms with Gasteiger partial charge in [-0.1, -0.05) is 55.5 Å². The Morgan fingerprint density at radius 1 is 1.00 bits per heavy atom. The van der Waals surface area contributed by atoms with Gasteiger partial charge in [-0.05, 0) is 37.5 Å². The SMILES string of the molecule is Cc1c2cnn(-c3ccccc3)c(=O)c2c(C)n1CC(=O)NC[C@@H](C)c1ccccc1. The maximum atomic E-state index is 13.2. The molecule has 1 N–H and O–H groups in total. The molecule has 0 aliphatic heterocycles. The van der Waals surface area contributed by atoms with E-state index in [4.69, 9.17) is 0 Å². The molecule has 0 radical (unpaired) electrons. The lowest BCUT2D eigenvalue weighted by Gasteiger charge is -2.14. The van der Waals surface area contributed by atoms with Crippen LogP contribution in [0.2, 0.25) is 0 Å². The first-order valence-electron chi connectivity index (χ1n) is 10.4. The molecule has 158 valence electrons. The second-order valence-corrected chi connectivity index (χ2v) is 7.86. The third kappa shape index (κ3) is 4.01. The zero-order valence-electron chi connectivity index (χ0n) is 18.0. The first-order valence-corrected chi connectivity index (χ1v) is 10.4. The number of benzene rings is 2. The standard InChI is InChI=1S/C25H26N4O2/c1-17(20-10-6-4-7-11-20)14-26-23(30)16-28-18(2)22-15-27-29(21-12-8-5-9-13-21)25(31)24(22)19(28)3/h4-13,15,17H,14,16H2,1-3H3,(H,26,30)/t17-/m1/s1. The van der Waals surface area contributed by atoms with Crippen LogP contribution in [0.1, 0.15) is 29.8 Å². The lowest BCUT2D eigenvalue weighted by atomic mass is 10.0. The molecule has 4 rings (SSSR count). The maximum Gasteiger partial charge on any atom is 0.281 e. The van der Waals surface area contributed by atoms with Crippen molar-refractivity contribution in [1.82, 2.24) is 19.7 Å². The van der Waals surface area contributed by atoms with Crippen LogP contribution in [0.3, 0.4) is 0 Å². The van der Waals surface area contributed by atoms with Crippen LogP contribution in [0.15, 0.2) is 71.7 Å². The van der Waals surface area contributed by atoms with Crippen molar-refractivity contribution in [1.29, 1.82) is 0 Å². The molecule has 6 heteroatoms. The highest BCUT2D eigenvalue weighted by Crippen LogP contribution is 2.22. The minimum absolute atomic E-state index is 0.0781. The number of amides is 1. The minimum atomic E-state index is -0.179. The first-order chi connectivity index (χ1) is 15.0. The number of carbonyl (C=O) groups is 1. The summed E-state index contributed by atoms with van der Waals surface area (Å²) in [5.74, 6) is 0.143. The third-order valence-electron chi connectivity index (χ3n) is 5.82. The maximum absolute atomic E-state index is 13.2. The van der Waals surface area contributed by atoms with Gasteiger partial charge in [0.2, 0.25) is 5.91 Å². The largest absolute Gasteiger partial charge is 0.354 e. The van der Waals surface area contributed by atoms with Gasteiger partial charge in [-0.2, -0.15) is 9.78 Å². The van der Waals surface area contributed by atoms with E-state index in [2.05, 4.69) is 29.5 Å². The minimum Gasteiger partial charge on any atom is -0.354 e. The van der Waals surface area contributed by atoms with E-state index in [1.807, 2.05) is 66.9 Å². The fourth-order valence-electron chi connectivity index (χ4n) is 3.97. The number of fused-ring (bicyclic) bond motifs is 1. The second-order valence-electron chi connectivity index (χ2n) is 7.86. The molecule has 0 spiro atoms. The summed E-state index contributed by atoms with van der Waals surface area (Å²) in [4.78, 5) is 25.8. The number of aromatic nitrogens is 3. The molecule has 0 unspecified atom stereocenters. The summed E-state index contributed by atoms with van der Waals surface area (Å²) in [5.41, 5.74) is 3.36. The van der Waals surface area contributed by atoms with Crippen LogP contribution in [0.5, 0.6) is 0 Å². The number of hydrogen-bond donors (Lipinski definition) is 1. The highest BCUT2D eigenvalue weighted by atomic mass is 16.2. The highest BCUT2D eigenvalue weighted by molar-refractivity contribution is 5.88. The smallest absolute Gasteiger partial charge is 0.281 e. The van der Waals surface area contributed by atoms with Crippen LogP contribution < -0.4 is 10.9 Å². The molecular formula is C25H26N4O2. The number of carbonyl (C=O) groups excluding carboxylic acids is 1. The van der Waals surface area contributed by atoms with Gasteiger partial charge in [0.15, 0.2) is 0 Å². The molecule has 1 atom stereocenters. The fourth-order valence-corrected chi connectivity index (χ4v) is 3.97. The van der Waals surface area contributed by atoms with E-state index in [0.29, 0.717) is 17.6 Å². The molecule has 0 aliphatic carbocycles. The number of para-hydroxylation sites is 1. The average Bonchev–Trinajstić information content (AvgIpc) is 3.04. The van der Waals surface area contributed by atoms with Gasteiger partial charge in [0, 0.05) is 23.3 Å². The normalized spacial score (nSPS) is 12.1. The average molecular weight is 415 g/mol. The monoisotopic (exact) mass is 414 g/mol. The van der Waals surface area contributed by atoms with Crippen LogP contribution in [0, 0.1) is 13.8 Å². The predicted molar refractivity (Wildman–Crippen MR) is 123 cm³/mol. The molecule has 0 aliphatic rings. The van der Waals surface area contributed by atoms with E-state index < -0.39 is 0 Å².